The standard InChI is InChI=1S/C8H10.C6H5O2P/c1-7-5-3-4-6-8(7)2;7-9(8)6-4-2-1-3-5-6/h3-6H,1-2H3;1-5H/p+1. The number of hydrogen-bond donors (Lipinski definition) is 1. The molecule has 0 bridgehead atoms. The summed E-state index contributed by atoms with van der Waals surface area (Å²) in [5.41, 5.74) is 2.74. The van der Waals surface area contributed by atoms with Gasteiger partial charge in [-0.1, -0.05) is 42.5 Å². The zero-order valence-electron chi connectivity index (χ0n) is 10.00. The van der Waals surface area contributed by atoms with Gasteiger partial charge in [0.15, 0.2) is 0 Å². The second-order valence-electron chi connectivity index (χ2n) is 3.69. The Morgan fingerprint density at radius 3 is 1.53 bits per heavy atom. The van der Waals surface area contributed by atoms with Crippen molar-refractivity contribution < 1.29 is 9.46 Å². The molecule has 0 aliphatic carbocycles. The van der Waals surface area contributed by atoms with Gasteiger partial charge in [0.25, 0.3) is 0 Å². The van der Waals surface area contributed by atoms with Crippen molar-refractivity contribution in [2.75, 3.05) is 0 Å². The average molecular weight is 247 g/mol. The topological polar surface area (TPSA) is 37.3 Å². The number of aryl methyl sites for hydroxylation is 2. The molecular weight excluding hydrogens is 231 g/mol. The Balaban J connectivity index is 0.000000171. The zero-order chi connectivity index (χ0) is 12.7. The van der Waals surface area contributed by atoms with Crippen LogP contribution in [-0.4, -0.2) is 4.89 Å². The summed E-state index contributed by atoms with van der Waals surface area (Å²) < 4.78 is 10.3. The van der Waals surface area contributed by atoms with Gasteiger partial charge in [0, 0.05) is 0 Å². The lowest BCUT2D eigenvalue weighted by Crippen LogP contribution is -1.91. The van der Waals surface area contributed by atoms with Gasteiger partial charge >= 0.3 is 8.03 Å². The summed E-state index contributed by atoms with van der Waals surface area (Å²) in [6.07, 6.45) is 0. The predicted molar refractivity (Wildman–Crippen MR) is 71.8 cm³/mol. The molecule has 0 spiro atoms. The van der Waals surface area contributed by atoms with Gasteiger partial charge in [-0.05, 0) is 41.7 Å². The number of rotatable bonds is 1. The van der Waals surface area contributed by atoms with Crippen molar-refractivity contribution >= 4 is 13.3 Å². The average Bonchev–Trinajstić information content (AvgIpc) is 2.35. The summed E-state index contributed by atoms with van der Waals surface area (Å²) in [4.78, 5) is 8.53. The first kappa shape index (κ1) is 13.6. The van der Waals surface area contributed by atoms with E-state index in [0.717, 1.165) is 0 Å². The van der Waals surface area contributed by atoms with Gasteiger partial charge in [-0.3, -0.25) is 0 Å². The molecule has 2 rings (SSSR count). The van der Waals surface area contributed by atoms with Crippen molar-refractivity contribution in [1.29, 1.82) is 0 Å². The second-order valence-corrected chi connectivity index (χ2v) is 4.76. The smallest absolute Gasteiger partial charge is 0.156 e. The van der Waals surface area contributed by atoms with Gasteiger partial charge in [0.1, 0.15) is 0 Å². The van der Waals surface area contributed by atoms with Crippen LogP contribution in [0.25, 0.3) is 0 Å². The quantitative estimate of drug-likeness (QED) is 0.784. The van der Waals surface area contributed by atoms with Crippen molar-refractivity contribution in [1.82, 2.24) is 0 Å². The Morgan fingerprint density at radius 1 is 0.824 bits per heavy atom. The second kappa shape index (κ2) is 6.95. The van der Waals surface area contributed by atoms with Crippen molar-refractivity contribution in [3.05, 3.63) is 65.7 Å². The van der Waals surface area contributed by atoms with E-state index >= 15 is 0 Å². The molecule has 2 aromatic rings. The normalized spacial score (nSPS) is 10.2. The van der Waals surface area contributed by atoms with Crippen molar-refractivity contribution in [3.63, 3.8) is 0 Å². The molecule has 1 N–H and O–H groups in total. The van der Waals surface area contributed by atoms with Crippen molar-refractivity contribution in [3.8, 4) is 0 Å². The van der Waals surface area contributed by atoms with E-state index in [-0.39, 0.29) is 0 Å². The summed E-state index contributed by atoms with van der Waals surface area (Å²) in [7, 11) is -2.15. The summed E-state index contributed by atoms with van der Waals surface area (Å²) in [5, 5.41) is 0.479. The molecule has 0 heterocycles. The molecule has 0 saturated heterocycles. The van der Waals surface area contributed by atoms with Crippen molar-refractivity contribution in [2.45, 2.75) is 13.8 Å². The van der Waals surface area contributed by atoms with Crippen LogP contribution in [0.4, 0.5) is 0 Å². The fourth-order valence-corrected chi connectivity index (χ4v) is 1.65. The summed E-state index contributed by atoms with van der Waals surface area (Å²) in [6, 6.07) is 16.9. The molecule has 17 heavy (non-hydrogen) atoms. The maximum absolute atomic E-state index is 10.3. The van der Waals surface area contributed by atoms with Crippen LogP contribution in [0.2, 0.25) is 0 Å². The van der Waals surface area contributed by atoms with Crippen LogP contribution in [-0.2, 0) is 4.57 Å². The molecular formula is C14H16O2P+. The number of benzene rings is 2. The SMILES string of the molecule is Cc1ccccc1C.O=[P+](O)c1ccccc1. The molecule has 1 atom stereocenters. The highest BCUT2D eigenvalue weighted by Crippen LogP contribution is 2.10. The van der Waals surface area contributed by atoms with Crippen LogP contribution in [0.3, 0.4) is 0 Å². The lowest BCUT2D eigenvalue weighted by atomic mass is 10.1. The summed E-state index contributed by atoms with van der Waals surface area (Å²) >= 11 is 0. The van der Waals surface area contributed by atoms with Gasteiger partial charge in [0.05, 0.1) is 0 Å². The zero-order valence-corrected chi connectivity index (χ0v) is 10.9. The van der Waals surface area contributed by atoms with Crippen molar-refractivity contribution in [2.24, 2.45) is 0 Å². The predicted octanol–water partition coefficient (Wildman–Crippen LogP) is 3.35. The van der Waals surface area contributed by atoms with Crippen LogP contribution < -0.4 is 5.30 Å². The molecule has 0 aliphatic heterocycles. The Hall–Kier alpha value is -1.50. The van der Waals surface area contributed by atoms with Crippen LogP contribution in [0.1, 0.15) is 11.1 Å². The van der Waals surface area contributed by atoms with E-state index in [1.165, 1.54) is 11.1 Å². The number of hydrogen-bond acceptors (Lipinski definition) is 1. The molecule has 3 heteroatoms. The molecule has 0 saturated carbocycles. The highest BCUT2D eigenvalue weighted by Gasteiger charge is 2.12. The summed E-state index contributed by atoms with van der Waals surface area (Å²) in [5.74, 6) is 0. The Labute approximate surface area is 103 Å². The van der Waals surface area contributed by atoms with Gasteiger partial charge in [-0.15, -0.1) is 0 Å². The lowest BCUT2D eigenvalue weighted by molar-refractivity contribution is 0.513. The fraction of sp³-hybridized carbons (Fsp3) is 0.143. The van der Waals surface area contributed by atoms with Crippen LogP contribution >= 0.6 is 8.03 Å². The minimum Gasteiger partial charge on any atom is -0.156 e. The largest absolute Gasteiger partial charge is 0.546 e. The van der Waals surface area contributed by atoms with Gasteiger partial charge in [-0.2, -0.15) is 4.89 Å². The molecule has 0 aromatic heterocycles. The first-order chi connectivity index (χ1) is 8.11. The van der Waals surface area contributed by atoms with E-state index in [4.69, 9.17) is 4.89 Å². The van der Waals surface area contributed by atoms with Crippen LogP contribution in [0, 0.1) is 13.8 Å². The first-order valence-corrected chi connectivity index (χ1v) is 6.56. The third-order valence-electron chi connectivity index (χ3n) is 2.40. The highest BCUT2D eigenvalue weighted by atomic mass is 31.1. The third kappa shape index (κ3) is 4.90. The molecule has 0 aliphatic rings. The molecule has 1 unspecified atom stereocenters. The van der Waals surface area contributed by atoms with E-state index in [0.29, 0.717) is 5.30 Å². The molecule has 2 nitrogen and oxygen atoms in total. The molecule has 2 aromatic carbocycles. The van der Waals surface area contributed by atoms with E-state index in [9.17, 15) is 4.57 Å². The Bertz CT molecular complexity index is 460. The van der Waals surface area contributed by atoms with E-state index in [1.807, 2.05) is 6.07 Å². The van der Waals surface area contributed by atoms with Gasteiger partial charge < -0.3 is 0 Å². The monoisotopic (exact) mass is 247 g/mol. The van der Waals surface area contributed by atoms with E-state index in [2.05, 4.69) is 38.1 Å². The molecule has 88 valence electrons. The first-order valence-electron chi connectivity index (χ1n) is 5.34. The maximum Gasteiger partial charge on any atom is 0.546 e. The van der Waals surface area contributed by atoms with E-state index < -0.39 is 8.03 Å². The van der Waals surface area contributed by atoms with Crippen LogP contribution in [0.5, 0.6) is 0 Å². The molecule has 0 radical (unpaired) electrons. The minimum atomic E-state index is -2.15. The van der Waals surface area contributed by atoms with Crippen LogP contribution in [0.15, 0.2) is 54.6 Å². The van der Waals surface area contributed by atoms with Gasteiger partial charge in [0.2, 0.25) is 5.30 Å². The third-order valence-corrected chi connectivity index (χ3v) is 3.14. The maximum atomic E-state index is 10.3. The molecule has 0 fully saturated rings. The lowest BCUT2D eigenvalue weighted by Gasteiger charge is -1.93. The Kier molecular flexibility index (Phi) is 5.55. The van der Waals surface area contributed by atoms with Gasteiger partial charge in [-0.25, -0.2) is 0 Å². The molecule has 0 amide bonds. The Morgan fingerprint density at radius 2 is 1.24 bits per heavy atom. The highest BCUT2D eigenvalue weighted by molar-refractivity contribution is 7.47. The summed E-state index contributed by atoms with van der Waals surface area (Å²) in [6.45, 7) is 4.24. The fourth-order valence-electron chi connectivity index (χ4n) is 1.22. The minimum absolute atomic E-state index is 0.479. The van der Waals surface area contributed by atoms with E-state index in [1.54, 1.807) is 24.3 Å².